The molecule has 2 heteroatoms. The summed E-state index contributed by atoms with van der Waals surface area (Å²) in [5, 5.41) is 0. The van der Waals surface area contributed by atoms with Gasteiger partial charge in [-0.2, -0.15) is 0 Å². The zero-order chi connectivity index (χ0) is 9.61. The molecule has 0 unspecified atom stereocenters. The molecule has 70 valence electrons. The van der Waals surface area contributed by atoms with Gasteiger partial charge < -0.3 is 4.57 Å². The molecule has 0 saturated heterocycles. The lowest BCUT2D eigenvalue weighted by Gasteiger charge is -2.24. The van der Waals surface area contributed by atoms with Crippen LogP contribution in [0.4, 0.5) is 0 Å². The SMILES string of the molecule is CC.CCC(C)(C)n1ccnc1. The summed E-state index contributed by atoms with van der Waals surface area (Å²) in [7, 11) is 0. The first-order valence-electron chi connectivity index (χ1n) is 4.65. The van der Waals surface area contributed by atoms with Crippen LogP contribution in [0, 0.1) is 0 Å². The van der Waals surface area contributed by atoms with Crippen LogP contribution >= 0.6 is 0 Å². The van der Waals surface area contributed by atoms with Crippen LogP contribution in [0.3, 0.4) is 0 Å². The van der Waals surface area contributed by atoms with Gasteiger partial charge in [0.25, 0.3) is 0 Å². The molecule has 0 bridgehead atoms. The third kappa shape index (κ3) is 2.68. The summed E-state index contributed by atoms with van der Waals surface area (Å²) in [6.45, 7) is 10.6. The highest BCUT2D eigenvalue weighted by Gasteiger charge is 2.15. The van der Waals surface area contributed by atoms with Crippen LogP contribution in [0.25, 0.3) is 0 Å². The molecule has 12 heavy (non-hydrogen) atoms. The minimum absolute atomic E-state index is 0.219. The van der Waals surface area contributed by atoms with Gasteiger partial charge in [0, 0.05) is 17.9 Å². The van der Waals surface area contributed by atoms with Gasteiger partial charge in [0.1, 0.15) is 0 Å². The predicted octanol–water partition coefficient (Wildman–Crippen LogP) is 3.05. The monoisotopic (exact) mass is 168 g/mol. The Balaban J connectivity index is 0.000000561. The topological polar surface area (TPSA) is 17.8 Å². The summed E-state index contributed by atoms with van der Waals surface area (Å²) in [6, 6.07) is 0. The molecule has 0 radical (unpaired) electrons. The van der Waals surface area contributed by atoms with Crippen molar-refractivity contribution in [3.63, 3.8) is 0 Å². The molecule has 1 rings (SSSR count). The van der Waals surface area contributed by atoms with Crippen LogP contribution in [0.15, 0.2) is 18.7 Å². The van der Waals surface area contributed by atoms with Gasteiger partial charge in [0.2, 0.25) is 0 Å². The Bertz CT molecular complexity index is 188. The molecule has 0 fully saturated rings. The summed E-state index contributed by atoms with van der Waals surface area (Å²) in [6.07, 6.45) is 6.81. The average molecular weight is 168 g/mol. The molecule has 0 aliphatic carbocycles. The second-order valence-electron chi connectivity index (χ2n) is 3.14. The van der Waals surface area contributed by atoms with Crippen LogP contribution < -0.4 is 0 Å². The van der Waals surface area contributed by atoms with Crippen molar-refractivity contribution in [2.45, 2.75) is 46.6 Å². The molecule has 0 N–H and O–H groups in total. The molecule has 0 saturated carbocycles. The third-order valence-corrected chi connectivity index (χ3v) is 2.07. The highest BCUT2D eigenvalue weighted by atomic mass is 15.1. The van der Waals surface area contributed by atoms with Crippen LogP contribution in [0.2, 0.25) is 0 Å². The zero-order valence-electron chi connectivity index (χ0n) is 8.83. The summed E-state index contributed by atoms with van der Waals surface area (Å²) in [5.74, 6) is 0. The molecule has 1 aromatic heterocycles. The Morgan fingerprint density at radius 1 is 1.33 bits per heavy atom. The number of nitrogens with zero attached hydrogens (tertiary/aromatic N) is 2. The zero-order valence-corrected chi connectivity index (χ0v) is 8.83. The fourth-order valence-electron chi connectivity index (χ4n) is 0.800. The first-order chi connectivity index (χ1) is 5.67. The van der Waals surface area contributed by atoms with E-state index in [0.717, 1.165) is 6.42 Å². The fourth-order valence-corrected chi connectivity index (χ4v) is 0.800. The fraction of sp³-hybridized carbons (Fsp3) is 0.700. The van der Waals surface area contributed by atoms with Crippen molar-refractivity contribution in [1.82, 2.24) is 9.55 Å². The van der Waals surface area contributed by atoms with Crippen molar-refractivity contribution in [3.05, 3.63) is 18.7 Å². The van der Waals surface area contributed by atoms with E-state index in [1.165, 1.54) is 0 Å². The maximum absolute atomic E-state index is 4.00. The van der Waals surface area contributed by atoms with E-state index in [9.17, 15) is 0 Å². The van der Waals surface area contributed by atoms with Gasteiger partial charge in [-0.25, -0.2) is 4.98 Å². The Labute approximate surface area is 75.6 Å². The molecule has 0 aromatic carbocycles. The van der Waals surface area contributed by atoms with Gasteiger partial charge in [-0.3, -0.25) is 0 Å². The minimum atomic E-state index is 0.219. The van der Waals surface area contributed by atoms with Crippen molar-refractivity contribution < 1.29 is 0 Å². The van der Waals surface area contributed by atoms with Crippen LogP contribution in [-0.2, 0) is 5.54 Å². The van der Waals surface area contributed by atoms with Crippen LogP contribution in [0.1, 0.15) is 41.0 Å². The van der Waals surface area contributed by atoms with Crippen molar-refractivity contribution in [3.8, 4) is 0 Å². The Hall–Kier alpha value is -0.790. The highest BCUT2D eigenvalue weighted by Crippen LogP contribution is 2.17. The number of rotatable bonds is 2. The van der Waals surface area contributed by atoms with E-state index < -0.39 is 0 Å². The van der Waals surface area contributed by atoms with E-state index in [0.29, 0.717) is 0 Å². The first kappa shape index (κ1) is 11.2. The molecule has 0 atom stereocenters. The summed E-state index contributed by atoms with van der Waals surface area (Å²) in [5.41, 5.74) is 0.219. The molecule has 0 amide bonds. The lowest BCUT2D eigenvalue weighted by atomic mass is 10.0. The smallest absolute Gasteiger partial charge is 0.0950 e. The second kappa shape index (κ2) is 4.96. The van der Waals surface area contributed by atoms with E-state index in [1.54, 1.807) is 0 Å². The van der Waals surface area contributed by atoms with E-state index in [4.69, 9.17) is 0 Å². The van der Waals surface area contributed by atoms with Crippen molar-refractivity contribution in [2.24, 2.45) is 0 Å². The van der Waals surface area contributed by atoms with E-state index in [1.807, 2.05) is 32.6 Å². The third-order valence-electron chi connectivity index (χ3n) is 2.07. The van der Waals surface area contributed by atoms with E-state index in [2.05, 4.69) is 30.3 Å². The lowest BCUT2D eigenvalue weighted by molar-refractivity contribution is 0.342. The Morgan fingerprint density at radius 3 is 2.25 bits per heavy atom. The van der Waals surface area contributed by atoms with Crippen molar-refractivity contribution in [1.29, 1.82) is 0 Å². The van der Waals surface area contributed by atoms with Gasteiger partial charge in [0.05, 0.1) is 6.33 Å². The molecule has 0 aliphatic heterocycles. The largest absolute Gasteiger partial charge is 0.332 e. The molecule has 2 nitrogen and oxygen atoms in total. The van der Waals surface area contributed by atoms with E-state index in [-0.39, 0.29) is 5.54 Å². The van der Waals surface area contributed by atoms with Gasteiger partial charge in [-0.15, -0.1) is 0 Å². The second-order valence-corrected chi connectivity index (χ2v) is 3.14. The highest BCUT2D eigenvalue weighted by molar-refractivity contribution is 4.84. The summed E-state index contributed by atoms with van der Waals surface area (Å²) >= 11 is 0. The average Bonchev–Trinajstić information content (AvgIpc) is 2.61. The number of hydrogen-bond acceptors (Lipinski definition) is 1. The normalized spacial score (nSPS) is 10.4. The molecule has 0 aliphatic rings. The quantitative estimate of drug-likeness (QED) is 0.663. The minimum Gasteiger partial charge on any atom is -0.332 e. The van der Waals surface area contributed by atoms with Crippen LogP contribution in [-0.4, -0.2) is 9.55 Å². The van der Waals surface area contributed by atoms with Crippen molar-refractivity contribution in [2.75, 3.05) is 0 Å². The Morgan fingerprint density at radius 2 is 1.92 bits per heavy atom. The molecule has 1 aromatic rings. The summed E-state index contributed by atoms with van der Waals surface area (Å²) < 4.78 is 2.13. The standard InChI is InChI=1S/C8H14N2.C2H6/c1-4-8(2,3)10-6-5-9-7-10;1-2/h5-7H,4H2,1-3H3;1-2H3. The van der Waals surface area contributed by atoms with Gasteiger partial charge in [0.15, 0.2) is 0 Å². The van der Waals surface area contributed by atoms with Crippen molar-refractivity contribution >= 4 is 0 Å². The number of aromatic nitrogens is 2. The lowest BCUT2D eigenvalue weighted by Crippen LogP contribution is -2.23. The van der Waals surface area contributed by atoms with Gasteiger partial charge >= 0.3 is 0 Å². The van der Waals surface area contributed by atoms with Gasteiger partial charge in [-0.05, 0) is 20.3 Å². The predicted molar refractivity (Wildman–Crippen MR) is 53.2 cm³/mol. The summed E-state index contributed by atoms with van der Waals surface area (Å²) in [4.78, 5) is 4.00. The maximum atomic E-state index is 4.00. The molecule has 0 spiro atoms. The number of hydrogen-bond donors (Lipinski definition) is 0. The maximum Gasteiger partial charge on any atom is 0.0950 e. The molecule has 1 heterocycles. The molecular weight excluding hydrogens is 148 g/mol. The van der Waals surface area contributed by atoms with Gasteiger partial charge in [-0.1, -0.05) is 20.8 Å². The number of imidazole rings is 1. The first-order valence-corrected chi connectivity index (χ1v) is 4.65. The Kier molecular flexibility index (Phi) is 4.64. The van der Waals surface area contributed by atoms with E-state index >= 15 is 0 Å². The molecular formula is C10H20N2. The van der Waals surface area contributed by atoms with Crippen LogP contribution in [0.5, 0.6) is 0 Å².